The predicted molar refractivity (Wildman–Crippen MR) is 103 cm³/mol. The number of carbonyl (C=O) groups is 3. The van der Waals surface area contributed by atoms with Crippen LogP contribution in [0, 0.1) is 6.92 Å². The molecule has 0 atom stereocenters. The molecule has 2 aromatic carbocycles. The van der Waals surface area contributed by atoms with Crippen LogP contribution < -0.4 is 4.90 Å². The molecule has 0 aromatic heterocycles. The Morgan fingerprint density at radius 2 is 1.85 bits per heavy atom. The second-order valence-electron chi connectivity index (χ2n) is 7.17. The zero-order valence-corrected chi connectivity index (χ0v) is 15.6. The number of amides is 3. The van der Waals surface area contributed by atoms with Gasteiger partial charge in [0.15, 0.2) is 0 Å². The Hall–Kier alpha value is -2.95. The minimum Gasteiger partial charge on any atom is -0.307 e. The third kappa shape index (κ3) is 2.74. The summed E-state index contributed by atoms with van der Waals surface area (Å²) in [5.74, 6) is -0.681. The van der Waals surface area contributed by atoms with E-state index >= 15 is 0 Å². The van der Waals surface area contributed by atoms with Crippen molar-refractivity contribution in [2.75, 3.05) is 18.0 Å². The molecule has 0 bridgehead atoms. The zero-order chi connectivity index (χ0) is 19.1. The number of fused-ring (bicyclic) bond motifs is 2. The van der Waals surface area contributed by atoms with E-state index in [0.29, 0.717) is 29.8 Å². The number of para-hydroxylation sites is 1. The number of aryl methyl sites for hydroxylation is 1. The number of hydrogen-bond acceptors (Lipinski definition) is 3. The second-order valence-corrected chi connectivity index (χ2v) is 7.17. The fourth-order valence-electron chi connectivity index (χ4n) is 3.95. The summed E-state index contributed by atoms with van der Waals surface area (Å²) in [7, 11) is 0. The molecule has 2 heterocycles. The molecule has 4 rings (SSSR count). The summed E-state index contributed by atoms with van der Waals surface area (Å²) in [5, 5.41) is 0. The lowest BCUT2D eigenvalue weighted by atomic mass is 10.0. The van der Waals surface area contributed by atoms with Crippen LogP contribution in [0.25, 0.3) is 0 Å². The van der Waals surface area contributed by atoms with Gasteiger partial charge in [-0.2, -0.15) is 0 Å². The fourth-order valence-corrected chi connectivity index (χ4v) is 3.95. The van der Waals surface area contributed by atoms with Crippen molar-refractivity contribution in [3.63, 3.8) is 0 Å². The number of rotatable bonds is 4. The van der Waals surface area contributed by atoms with Crippen molar-refractivity contribution in [3.8, 4) is 0 Å². The number of nitrogens with zero attached hydrogens (tertiary/aromatic N) is 2. The Balaban J connectivity index is 1.65. The zero-order valence-electron chi connectivity index (χ0n) is 15.6. The van der Waals surface area contributed by atoms with E-state index in [1.54, 1.807) is 23.1 Å². The van der Waals surface area contributed by atoms with Gasteiger partial charge in [-0.15, -0.1) is 0 Å². The Morgan fingerprint density at radius 3 is 2.63 bits per heavy atom. The topological polar surface area (TPSA) is 57.7 Å². The van der Waals surface area contributed by atoms with Gasteiger partial charge in [-0.3, -0.25) is 19.3 Å². The Bertz CT molecular complexity index is 964. The van der Waals surface area contributed by atoms with Crippen LogP contribution in [0.3, 0.4) is 0 Å². The molecule has 0 fully saturated rings. The number of anilines is 1. The first-order valence-corrected chi connectivity index (χ1v) is 9.43. The first-order valence-electron chi connectivity index (χ1n) is 9.43. The lowest BCUT2D eigenvalue weighted by molar-refractivity contribution is 0.0652. The Labute approximate surface area is 158 Å². The van der Waals surface area contributed by atoms with Gasteiger partial charge < -0.3 is 4.90 Å². The summed E-state index contributed by atoms with van der Waals surface area (Å²) < 4.78 is 0. The van der Waals surface area contributed by atoms with Crippen molar-refractivity contribution in [1.82, 2.24) is 4.90 Å². The van der Waals surface area contributed by atoms with Gasteiger partial charge >= 0.3 is 0 Å². The van der Waals surface area contributed by atoms with Crippen LogP contribution in [0.15, 0.2) is 36.4 Å². The third-order valence-corrected chi connectivity index (χ3v) is 5.39. The van der Waals surface area contributed by atoms with E-state index in [9.17, 15) is 14.4 Å². The molecule has 138 valence electrons. The highest BCUT2D eigenvalue weighted by molar-refractivity contribution is 6.22. The summed E-state index contributed by atoms with van der Waals surface area (Å²) >= 11 is 0. The second kappa shape index (κ2) is 6.65. The van der Waals surface area contributed by atoms with Gasteiger partial charge in [-0.05, 0) is 49.1 Å². The van der Waals surface area contributed by atoms with Crippen molar-refractivity contribution in [3.05, 3.63) is 64.2 Å². The number of benzene rings is 2. The van der Waals surface area contributed by atoms with E-state index < -0.39 is 0 Å². The molecule has 3 amide bonds. The summed E-state index contributed by atoms with van der Waals surface area (Å²) in [6, 6.07) is 10.9. The fraction of sp³-hybridized carbons (Fsp3) is 0.318. The normalized spacial score (nSPS) is 15.3. The largest absolute Gasteiger partial charge is 0.307 e. The number of hydrogen-bond donors (Lipinski definition) is 0. The van der Waals surface area contributed by atoms with E-state index in [-0.39, 0.29) is 17.7 Å². The summed E-state index contributed by atoms with van der Waals surface area (Å²) in [6.07, 6.45) is 2.52. The number of carbonyl (C=O) groups excluding carboxylic acids is 3. The van der Waals surface area contributed by atoms with Crippen LogP contribution >= 0.6 is 0 Å². The van der Waals surface area contributed by atoms with Gasteiger partial charge in [0, 0.05) is 18.7 Å². The van der Waals surface area contributed by atoms with Crippen molar-refractivity contribution in [2.24, 2.45) is 0 Å². The SMILES string of the molecule is CCCCN1C(=O)c2ccc(C(=O)N3CCc4cccc(C)c43)cc2C1=O. The van der Waals surface area contributed by atoms with Crippen LogP contribution in [-0.2, 0) is 6.42 Å². The van der Waals surface area contributed by atoms with Crippen molar-refractivity contribution in [2.45, 2.75) is 33.1 Å². The van der Waals surface area contributed by atoms with Crippen LogP contribution in [0.4, 0.5) is 5.69 Å². The molecule has 0 saturated heterocycles. The Kier molecular flexibility index (Phi) is 4.30. The highest BCUT2D eigenvalue weighted by atomic mass is 16.2. The molecule has 2 aliphatic rings. The van der Waals surface area contributed by atoms with Gasteiger partial charge in [0.25, 0.3) is 17.7 Å². The maximum atomic E-state index is 13.1. The van der Waals surface area contributed by atoms with Crippen molar-refractivity contribution >= 4 is 23.4 Å². The lowest BCUT2D eigenvalue weighted by Crippen LogP contribution is -2.30. The minimum atomic E-state index is -0.295. The van der Waals surface area contributed by atoms with Crippen LogP contribution in [-0.4, -0.2) is 35.7 Å². The third-order valence-electron chi connectivity index (χ3n) is 5.39. The molecular weight excluding hydrogens is 340 g/mol. The van der Waals surface area contributed by atoms with Crippen LogP contribution in [0.5, 0.6) is 0 Å². The van der Waals surface area contributed by atoms with Crippen LogP contribution in [0.2, 0.25) is 0 Å². The van der Waals surface area contributed by atoms with E-state index in [4.69, 9.17) is 0 Å². The average Bonchev–Trinajstić information content (AvgIpc) is 3.21. The molecule has 5 heteroatoms. The molecule has 0 saturated carbocycles. The van der Waals surface area contributed by atoms with Gasteiger partial charge in [0.2, 0.25) is 0 Å². The molecule has 0 unspecified atom stereocenters. The maximum Gasteiger partial charge on any atom is 0.261 e. The number of imide groups is 1. The van der Waals surface area contributed by atoms with Crippen molar-refractivity contribution < 1.29 is 14.4 Å². The van der Waals surface area contributed by atoms with Gasteiger partial charge in [0.1, 0.15) is 0 Å². The first kappa shape index (κ1) is 17.5. The predicted octanol–water partition coefficient (Wildman–Crippen LogP) is 3.59. The smallest absolute Gasteiger partial charge is 0.261 e. The molecule has 2 aliphatic heterocycles. The van der Waals surface area contributed by atoms with Crippen molar-refractivity contribution in [1.29, 1.82) is 0 Å². The molecule has 0 aliphatic carbocycles. The summed E-state index contributed by atoms with van der Waals surface area (Å²) in [6.45, 7) is 5.07. The maximum absolute atomic E-state index is 13.1. The van der Waals surface area contributed by atoms with E-state index in [1.165, 1.54) is 10.5 Å². The van der Waals surface area contributed by atoms with Gasteiger partial charge in [-0.25, -0.2) is 0 Å². The van der Waals surface area contributed by atoms with Gasteiger partial charge in [-0.1, -0.05) is 31.5 Å². The molecule has 0 radical (unpaired) electrons. The molecule has 0 N–H and O–H groups in total. The molecule has 27 heavy (non-hydrogen) atoms. The highest BCUT2D eigenvalue weighted by Crippen LogP contribution is 2.33. The van der Waals surface area contributed by atoms with E-state index in [0.717, 1.165) is 30.5 Å². The van der Waals surface area contributed by atoms with E-state index in [2.05, 4.69) is 0 Å². The monoisotopic (exact) mass is 362 g/mol. The standard InChI is InChI=1S/C22H22N2O3/c1-3-4-11-24-21(26)17-9-8-16(13-18(17)22(24)27)20(25)23-12-10-15-7-5-6-14(2)19(15)23/h5-9,13H,3-4,10-12H2,1-2H3. The lowest BCUT2D eigenvalue weighted by Gasteiger charge is -2.19. The molecule has 0 spiro atoms. The Morgan fingerprint density at radius 1 is 1.07 bits per heavy atom. The summed E-state index contributed by atoms with van der Waals surface area (Å²) in [5.41, 5.74) is 4.38. The first-order chi connectivity index (χ1) is 13.0. The number of unbranched alkanes of at least 4 members (excludes halogenated alkanes) is 1. The average molecular weight is 362 g/mol. The quantitative estimate of drug-likeness (QED) is 0.781. The van der Waals surface area contributed by atoms with E-state index in [1.807, 2.05) is 32.0 Å². The minimum absolute atomic E-state index is 0.127. The van der Waals surface area contributed by atoms with Crippen LogP contribution in [0.1, 0.15) is 62.0 Å². The highest BCUT2D eigenvalue weighted by Gasteiger charge is 2.36. The summed E-state index contributed by atoms with van der Waals surface area (Å²) in [4.78, 5) is 41.3. The van der Waals surface area contributed by atoms with Gasteiger partial charge in [0.05, 0.1) is 16.8 Å². The molecule has 2 aromatic rings. The molecule has 5 nitrogen and oxygen atoms in total. The molecular formula is C22H22N2O3.